The summed E-state index contributed by atoms with van der Waals surface area (Å²) in [6.45, 7) is 2.30. The van der Waals surface area contributed by atoms with Crippen LogP contribution in [0, 0.1) is 5.92 Å². The molecule has 0 saturated carbocycles. The van der Waals surface area contributed by atoms with Crippen LogP contribution < -0.4 is 0 Å². The third kappa shape index (κ3) is 37.1. The Bertz CT molecular complexity index is 590. The summed E-state index contributed by atoms with van der Waals surface area (Å²) in [7, 11) is 0. The molecule has 0 fully saturated rings. The van der Waals surface area contributed by atoms with E-state index in [4.69, 9.17) is 10.2 Å². The molecule has 4 nitrogen and oxygen atoms in total. The Hall–Kier alpha value is -1.06. The van der Waals surface area contributed by atoms with Crippen LogP contribution in [0.2, 0.25) is 0 Å². The largest absolute Gasteiger partial charge is 0.481 e. The molecule has 0 aliphatic heterocycles. The van der Waals surface area contributed by atoms with Gasteiger partial charge in [-0.15, -0.1) is 0 Å². The van der Waals surface area contributed by atoms with E-state index in [0.717, 1.165) is 31.6 Å². The average molecular weight is 623 g/mol. The topological polar surface area (TPSA) is 74.6 Å². The lowest BCUT2D eigenvalue weighted by Gasteiger charge is -2.17. The minimum atomic E-state index is -0.655. The molecule has 0 aliphatic carbocycles. The molecule has 2 N–H and O–H groups in total. The fraction of sp³-hybridized carbons (Fsp3) is 0.950. The zero-order valence-electron chi connectivity index (χ0n) is 29.7. The summed E-state index contributed by atoms with van der Waals surface area (Å²) in [4.78, 5) is 21.1. The predicted octanol–water partition coefficient (Wildman–Crippen LogP) is 13.8. The smallest absolute Gasteiger partial charge is 0.303 e. The zero-order chi connectivity index (χ0) is 32.2. The van der Waals surface area contributed by atoms with E-state index in [1.165, 1.54) is 193 Å². The van der Waals surface area contributed by atoms with Crippen LogP contribution in [0.3, 0.4) is 0 Å². The fourth-order valence-corrected chi connectivity index (χ4v) is 6.78. The van der Waals surface area contributed by atoms with Crippen molar-refractivity contribution in [1.29, 1.82) is 0 Å². The molecule has 0 spiro atoms. The maximum absolute atomic E-state index is 10.6. The third-order valence-electron chi connectivity index (χ3n) is 9.72. The van der Waals surface area contributed by atoms with E-state index < -0.39 is 11.9 Å². The van der Waals surface area contributed by atoms with Crippen LogP contribution >= 0.6 is 0 Å². The first-order valence-electron chi connectivity index (χ1n) is 20.0. The molecule has 0 aromatic rings. The van der Waals surface area contributed by atoms with Gasteiger partial charge < -0.3 is 10.2 Å². The van der Waals surface area contributed by atoms with E-state index in [1.807, 2.05) is 0 Å². The van der Waals surface area contributed by atoms with E-state index in [0.29, 0.717) is 12.8 Å². The van der Waals surface area contributed by atoms with Crippen LogP contribution in [0.5, 0.6) is 0 Å². The quantitative estimate of drug-likeness (QED) is 0.0672. The average Bonchev–Trinajstić information content (AvgIpc) is 3.00. The lowest BCUT2D eigenvalue weighted by molar-refractivity contribution is -0.138. The molecule has 4 heteroatoms. The first kappa shape index (κ1) is 42.9. The summed E-state index contributed by atoms with van der Waals surface area (Å²) >= 11 is 0. The highest BCUT2D eigenvalue weighted by Crippen LogP contribution is 2.25. The lowest BCUT2D eigenvalue weighted by Crippen LogP contribution is -2.01. The molecule has 1 atom stereocenters. The second-order valence-corrected chi connectivity index (χ2v) is 14.1. The number of carboxylic acid groups (broad SMARTS) is 2. The van der Waals surface area contributed by atoms with Gasteiger partial charge in [0, 0.05) is 12.8 Å². The molecule has 0 saturated heterocycles. The molecule has 0 bridgehead atoms. The summed E-state index contributed by atoms with van der Waals surface area (Å²) in [5.41, 5.74) is 0. The number of carbonyl (C=O) groups is 2. The molecule has 44 heavy (non-hydrogen) atoms. The SMILES string of the molecule is CCCCCCCCCCC(CCCCCCCCCCCCCCCCCC(=O)O)CCCCCCCCCCC(=O)O. The first-order valence-corrected chi connectivity index (χ1v) is 20.0. The Morgan fingerprint density at radius 1 is 0.341 bits per heavy atom. The molecule has 1 unspecified atom stereocenters. The van der Waals surface area contributed by atoms with Gasteiger partial charge in [-0.05, 0) is 18.8 Å². The van der Waals surface area contributed by atoms with Gasteiger partial charge in [-0.3, -0.25) is 9.59 Å². The summed E-state index contributed by atoms with van der Waals surface area (Å²) in [5.74, 6) is -0.353. The Balaban J connectivity index is 3.80. The minimum Gasteiger partial charge on any atom is -0.481 e. The first-order chi connectivity index (χ1) is 21.6. The highest BCUT2D eigenvalue weighted by atomic mass is 16.4. The van der Waals surface area contributed by atoms with Crippen molar-refractivity contribution in [2.24, 2.45) is 5.92 Å². The second-order valence-electron chi connectivity index (χ2n) is 14.1. The van der Waals surface area contributed by atoms with Crippen LogP contribution in [0.15, 0.2) is 0 Å². The number of carboxylic acids is 2. The maximum Gasteiger partial charge on any atom is 0.303 e. The molecule has 0 aromatic heterocycles. The zero-order valence-corrected chi connectivity index (χ0v) is 29.7. The Morgan fingerprint density at radius 3 is 0.773 bits per heavy atom. The van der Waals surface area contributed by atoms with Crippen LogP contribution in [0.4, 0.5) is 0 Å². The number of aliphatic carboxylic acids is 2. The molecule has 0 radical (unpaired) electrons. The van der Waals surface area contributed by atoms with Crippen LogP contribution in [0.25, 0.3) is 0 Å². The normalized spacial score (nSPS) is 12.1. The third-order valence-corrected chi connectivity index (χ3v) is 9.72. The Morgan fingerprint density at radius 2 is 0.545 bits per heavy atom. The molecule has 262 valence electrons. The number of unbranched alkanes of at least 4 members (excludes halogenated alkanes) is 28. The van der Waals surface area contributed by atoms with Crippen LogP contribution in [-0.2, 0) is 9.59 Å². The van der Waals surface area contributed by atoms with Gasteiger partial charge in [0.25, 0.3) is 0 Å². The van der Waals surface area contributed by atoms with Crippen molar-refractivity contribution in [2.45, 2.75) is 238 Å². The Kier molecular flexibility index (Phi) is 35.5. The highest BCUT2D eigenvalue weighted by Gasteiger charge is 2.09. The summed E-state index contributed by atoms with van der Waals surface area (Å²) in [6.07, 6.45) is 46.1. The molecule has 0 amide bonds. The van der Waals surface area contributed by atoms with Crippen molar-refractivity contribution >= 4 is 11.9 Å². The number of hydrogen-bond acceptors (Lipinski definition) is 2. The van der Waals surface area contributed by atoms with Crippen molar-refractivity contribution in [3.05, 3.63) is 0 Å². The summed E-state index contributed by atoms with van der Waals surface area (Å²) in [5, 5.41) is 17.4. The van der Waals surface area contributed by atoms with Crippen molar-refractivity contribution < 1.29 is 19.8 Å². The Labute approximate surface area is 275 Å². The minimum absolute atomic E-state index is 0.336. The van der Waals surface area contributed by atoms with E-state index in [9.17, 15) is 9.59 Å². The predicted molar refractivity (Wildman–Crippen MR) is 191 cm³/mol. The summed E-state index contributed by atoms with van der Waals surface area (Å²) < 4.78 is 0. The van der Waals surface area contributed by atoms with E-state index in [1.54, 1.807) is 0 Å². The molecule has 0 heterocycles. The van der Waals surface area contributed by atoms with E-state index in [-0.39, 0.29) is 0 Å². The monoisotopic (exact) mass is 623 g/mol. The van der Waals surface area contributed by atoms with Gasteiger partial charge in [0.15, 0.2) is 0 Å². The van der Waals surface area contributed by atoms with Gasteiger partial charge in [0.1, 0.15) is 0 Å². The van der Waals surface area contributed by atoms with E-state index >= 15 is 0 Å². The van der Waals surface area contributed by atoms with Gasteiger partial charge in [-0.2, -0.15) is 0 Å². The summed E-state index contributed by atoms with van der Waals surface area (Å²) in [6, 6.07) is 0. The fourth-order valence-electron chi connectivity index (χ4n) is 6.78. The van der Waals surface area contributed by atoms with Gasteiger partial charge in [0.2, 0.25) is 0 Å². The lowest BCUT2D eigenvalue weighted by atomic mass is 9.89. The van der Waals surface area contributed by atoms with Crippen molar-refractivity contribution in [3.63, 3.8) is 0 Å². The molecule has 0 aliphatic rings. The highest BCUT2D eigenvalue weighted by molar-refractivity contribution is 5.66. The van der Waals surface area contributed by atoms with Gasteiger partial charge in [-0.25, -0.2) is 0 Å². The molecule has 0 aromatic carbocycles. The maximum atomic E-state index is 10.6. The van der Waals surface area contributed by atoms with Crippen molar-refractivity contribution in [1.82, 2.24) is 0 Å². The van der Waals surface area contributed by atoms with Crippen molar-refractivity contribution in [3.8, 4) is 0 Å². The second kappa shape index (κ2) is 36.4. The van der Waals surface area contributed by atoms with Crippen LogP contribution in [-0.4, -0.2) is 22.2 Å². The van der Waals surface area contributed by atoms with E-state index in [2.05, 4.69) is 6.92 Å². The number of hydrogen-bond donors (Lipinski definition) is 2. The van der Waals surface area contributed by atoms with Gasteiger partial charge >= 0.3 is 11.9 Å². The standard InChI is InChI=1S/C40H78O4/c1-2-3-4-5-6-18-23-28-33-38(35-30-25-20-16-17-22-27-32-37-40(43)44)34-29-24-19-14-12-10-8-7-9-11-13-15-21-26-31-36-39(41)42/h38H,2-37H2,1H3,(H,41,42)(H,43,44). The van der Waals surface area contributed by atoms with Gasteiger partial charge in [0.05, 0.1) is 0 Å². The van der Waals surface area contributed by atoms with Gasteiger partial charge in [-0.1, -0.05) is 212 Å². The number of rotatable bonds is 38. The molecular weight excluding hydrogens is 544 g/mol. The molecular formula is C40H78O4. The van der Waals surface area contributed by atoms with Crippen molar-refractivity contribution in [2.75, 3.05) is 0 Å². The molecule has 0 rings (SSSR count). The van der Waals surface area contributed by atoms with Crippen LogP contribution in [0.1, 0.15) is 238 Å².